The molecule has 0 aliphatic rings. The molecular weight excluding hydrogens is 645 g/mol. The number of aromatic nitrogens is 4. The lowest BCUT2D eigenvalue weighted by Crippen LogP contribution is -2.44. The molecule has 0 spiro atoms. The third-order valence-corrected chi connectivity index (χ3v) is 9.81. The van der Waals surface area contributed by atoms with Gasteiger partial charge in [0.15, 0.2) is 0 Å². The van der Waals surface area contributed by atoms with Crippen molar-refractivity contribution in [2.24, 2.45) is 33.5 Å². The first-order valence-corrected chi connectivity index (χ1v) is 18.9. The van der Waals surface area contributed by atoms with E-state index in [1.807, 2.05) is 40.1 Å². The van der Waals surface area contributed by atoms with Gasteiger partial charge in [-0.1, -0.05) is 145 Å². The number of hydrogen-bond acceptors (Lipinski definition) is 4. The monoisotopic (exact) mass is 709 g/mol. The van der Waals surface area contributed by atoms with Crippen molar-refractivity contribution >= 4 is 11.8 Å². The number of imidazole rings is 2. The van der Waals surface area contributed by atoms with Crippen molar-refractivity contribution in [2.45, 2.75) is 122 Å². The molecule has 0 aliphatic heterocycles. The van der Waals surface area contributed by atoms with E-state index < -0.39 is 10.8 Å². The molecule has 2 aromatic carbocycles. The molecule has 0 unspecified atom stereocenters. The van der Waals surface area contributed by atoms with Gasteiger partial charge in [-0.25, -0.2) is 9.97 Å². The maximum Gasteiger partial charge on any atom is 0.226 e. The summed E-state index contributed by atoms with van der Waals surface area (Å²) >= 11 is 0. The number of benzene rings is 2. The van der Waals surface area contributed by atoms with E-state index in [2.05, 4.69) is 138 Å². The van der Waals surface area contributed by atoms with E-state index >= 15 is 0 Å². The van der Waals surface area contributed by atoms with Crippen LogP contribution in [-0.2, 0) is 9.59 Å². The normalized spacial score (nSPS) is 14.1. The summed E-state index contributed by atoms with van der Waals surface area (Å²) in [6.45, 7) is 29.4. The van der Waals surface area contributed by atoms with Gasteiger partial charge in [0.25, 0.3) is 0 Å². The van der Waals surface area contributed by atoms with Gasteiger partial charge < -0.3 is 20.6 Å². The summed E-state index contributed by atoms with van der Waals surface area (Å²) in [5, 5.41) is 6.61. The van der Waals surface area contributed by atoms with Crippen molar-refractivity contribution in [1.82, 2.24) is 30.6 Å². The standard InChI is InChI=1S/C44H64N6O2/c1-27(2)23-43(11,12)39(51)49-35(41(5,6)7)37-45-25-33(47-37)31-19-15-29(16-20-31)30-17-21-32(22-18-30)34-26-46-38(48-34)36(42(8,9)10)50-40(52)44(13,14)24-28(3)4/h15-22,25-28,35-36H,23-24H2,1-14H3,(H,45,47)(H,46,48)(H,49,51)(H,50,52)/t35-,36-/m1/s1. The number of carbonyl (C=O) groups excluding carboxylic acids is 2. The zero-order valence-electron chi connectivity index (χ0n) is 34.2. The van der Waals surface area contributed by atoms with Crippen molar-refractivity contribution in [3.05, 3.63) is 72.6 Å². The highest BCUT2D eigenvalue weighted by Crippen LogP contribution is 2.37. The number of H-pyrrole nitrogens is 2. The summed E-state index contributed by atoms with van der Waals surface area (Å²) < 4.78 is 0. The second-order valence-corrected chi connectivity index (χ2v) is 19.0. The fraction of sp³-hybridized carbons (Fsp3) is 0.545. The van der Waals surface area contributed by atoms with Crippen molar-refractivity contribution < 1.29 is 9.59 Å². The second-order valence-electron chi connectivity index (χ2n) is 19.0. The van der Waals surface area contributed by atoms with Crippen LogP contribution in [-0.4, -0.2) is 31.8 Å². The smallest absolute Gasteiger partial charge is 0.226 e. The van der Waals surface area contributed by atoms with Crippen LogP contribution in [0.2, 0.25) is 0 Å². The molecule has 0 aliphatic carbocycles. The number of amides is 2. The maximum absolute atomic E-state index is 13.4. The molecule has 0 radical (unpaired) electrons. The average Bonchev–Trinajstić information content (AvgIpc) is 3.71. The van der Waals surface area contributed by atoms with E-state index in [1.165, 1.54) is 0 Å². The third kappa shape index (κ3) is 10.0. The Morgan fingerprint density at radius 1 is 0.538 bits per heavy atom. The average molecular weight is 709 g/mol. The Morgan fingerprint density at radius 2 is 0.827 bits per heavy atom. The largest absolute Gasteiger partial charge is 0.345 e. The van der Waals surface area contributed by atoms with Crippen LogP contribution < -0.4 is 10.6 Å². The molecule has 4 rings (SSSR count). The second kappa shape index (κ2) is 15.4. The summed E-state index contributed by atoms with van der Waals surface area (Å²) in [6.07, 6.45) is 5.33. The van der Waals surface area contributed by atoms with Crippen LogP contribution in [0, 0.1) is 33.5 Å². The number of rotatable bonds is 13. The van der Waals surface area contributed by atoms with E-state index in [4.69, 9.17) is 9.97 Å². The summed E-state index contributed by atoms with van der Waals surface area (Å²) in [5.41, 5.74) is 4.66. The summed E-state index contributed by atoms with van der Waals surface area (Å²) in [6, 6.07) is 16.4. The molecule has 0 saturated carbocycles. The predicted octanol–water partition coefficient (Wildman–Crippen LogP) is 10.7. The first-order chi connectivity index (χ1) is 24.0. The van der Waals surface area contributed by atoms with Crippen LogP contribution in [0.15, 0.2) is 60.9 Å². The number of hydrogen-bond donors (Lipinski definition) is 4. The minimum Gasteiger partial charge on any atom is -0.345 e. The van der Waals surface area contributed by atoms with E-state index in [0.29, 0.717) is 11.8 Å². The van der Waals surface area contributed by atoms with Gasteiger partial charge in [0.2, 0.25) is 11.8 Å². The van der Waals surface area contributed by atoms with Gasteiger partial charge in [0, 0.05) is 10.8 Å². The Hall–Kier alpha value is -4.20. The minimum atomic E-state index is -0.471. The lowest BCUT2D eigenvalue weighted by Gasteiger charge is -2.34. The number of nitrogens with one attached hydrogen (secondary N) is 4. The van der Waals surface area contributed by atoms with Crippen LogP contribution in [0.1, 0.15) is 134 Å². The van der Waals surface area contributed by atoms with E-state index in [9.17, 15) is 9.59 Å². The molecular formula is C44H64N6O2. The molecule has 52 heavy (non-hydrogen) atoms. The summed E-state index contributed by atoms with van der Waals surface area (Å²) in [5.74, 6) is 2.45. The zero-order chi connectivity index (χ0) is 38.8. The topological polar surface area (TPSA) is 116 Å². The van der Waals surface area contributed by atoms with E-state index in [1.54, 1.807) is 0 Å². The molecule has 8 heteroatoms. The van der Waals surface area contributed by atoms with Crippen molar-refractivity contribution in [1.29, 1.82) is 0 Å². The van der Waals surface area contributed by atoms with Gasteiger partial charge in [-0.3, -0.25) is 9.59 Å². The summed E-state index contributed by atoms with van der Waals surface area (Å²) in [4.78, 5) is 43.2. The Kier molecular flexibility index (Phi) is 12.0. The SMILES string of the molecule is CC(C)CC(C)(C)C(=O)N[C@H](c1ncc(-c2ccc(-c3ccc(-c4cnc([C@@H](NC(=O)C(C)(C)CC(C)C)C(C)(C)C)[nH]4)cc3)cc2)[nH]1)C(C)(C)C. The highest BCUT2D eigenvalue weighted by atomic mass is 16.2. The van der Waals surface area contributed by atoms with Crippen LogP contribution in [0.4, 0.5) is 0 Å². The third-order valence-electron chi connectivity index (χ3n) is 9.81. The minimum absolute atomic E-state index is 0.0432. The maximum atomic E-state index is 13.4. The van der Waals surface area contributed by atoms with Gasteiger partial charge in [0.05, 0.1) is 35.9 Å². The molecule has 4 aromatic rings. The van der Waals surface area contributed by atoms with Gasteiger partial charge in [-0.2, -0.15) is 0 Å². The molecule has 2 heterocycles. The van der Waals surface area contributed by atoms with Crippen LogP contribution in [0.3, 0.4) is 0 Å². The highest BCUT2D eigenvalue weighted by Gasteiger charge is 2.37. The van der Waals surface area contributed by atoms with E-state index in [-0.39, 0.29) is 34.7 Å². The highest BCUT2D eigenvalue weighted by molar-refractivity contribution is 5.83. The molecule has 4 N–H and O–H groups in total. The lowest BCUT2D eigenvalue weighted by molar-refractivity contribution is -0.132. The molecule has 0 fully saturated rings. The van der Waals surface area contributed by atoms with Crippen molar-refractivity contribution in [2.75, 3.05) is 0 Å². The van der Waals surface area contributed by atoms with Crippen LogP contribution in [0.5, 0.6) is 0 Å². The molecule has 8 nitrogen and oxygen atoms in total. The molecule has 0 saturated heterocycles. The fourth-order valence-corrected chi connectivity index (χ4v) is 7.21. The first kappa shape index (κ1) is 40.6. The molecule has 2 amide bonds. The van der Waals surface area contributed by atoms with Gasteiger partial charge in [-0.15, -0.1) is 0 Å². The van der Waals surface area contributed by atoms with Gasteiger partial charge >= 0.3 is 0 Å². The number of aromatic amines is 2. The Bertz CT molecular complexity index is 1660. The molecule has 0 bridgehead atoms. The number of nitrogens with zero attached hydrogens (tertiary/aromatic N) is 2. The lowest BCUT2D eigenvalue weighted by atomic mass is 9.81. The van der Waals surface area contributed by atoms with Crippen molar-refractivity contribution in [3.8, 4) is 33.6 Å². The number of carbonyl (C=O) groups is 2. The molecule has 2 aromatic heterocycles. The molecule has 282 valence electrons. The van der Waals surface area contributed by atoms with Crippen molar-refractivity contribution in [3.63, 3.8) is 0 Å². The Labute approximate surface area is 312 Å². The van der Waals surface area contributed by atoms with Crippen LogP contribution in [0.25, 0.3) is 33.6 Å². The quantitative estimate of drug-likeness (QED) is 0.111. The predicted molar refractivity (Wildman–Crippen MR) is 214 cm³/mol. The summed E-state index contributed by atoms with van der Waals surface area (Å²) in [7, 11) is 0. The zero-order valence-corrected chi connectivity index (χ0v) is 34.2. The van der Waals surface area contributed by atoms with Gasteiger partial charge in [-0.05, 0) is 57.8 Å². The van der Waals surface area contributed by atoms with E-state index in [0.717, 1.165) is 58.1 Å². The van der Waals surface area contributed by atoms with Crippen LogP contribution >= 0.6 is 0 Å². The Morgan fingerprint density at radius 3 is 1.10 bits per heavy atom. The van der Waals surface area contributed by atoms with Gasteiger partial charge in [0.1, 0.15) is 11.6 Å². The molecule has 2 atom stereocenters. The fourth-order valence-electron chi connectivity index (χ4n) is 7.21. The Balaban J connectivity index is 1.48. The first-order valence-electron chi connectivity index (χ1n) is 18.9.